The number of hydrogen-bond acceptors (Lipinski definition) is 3. The summed E-state index contributed by atoms with van der Waals surface area (Å²) in [4.78, 5) is 7.54. The van der Waals surface area contributed by atoms with Crippen LogP contribution in [0.25, 0.3) is 28.0 Å². The van der Waals surface area contributed by atoms with Gasteiger partial charge < -0.3 is 10.1 Å². The van der Waals surface area contributed by atoms with Crippen molar-refractivity contribution in [1.82, 2.24) is 14.3 Å². The van der Waals surface area contributed by atoms with E-state index in [1.807, 2.05) is 24.4 Å². The molecular weight excluding hydrogens is 368 g/mol. The van der Waals surface area contributed by atoms with Gasteiger partial charge in [0.05, 0.1) is 11.4 Å². The predicted molar refractivity (Wildman–Crippen MR) is 124 cm³/mol. The monoisotopic (exact) mass is 396 g/mol. The molecule has 0 spiro atoms. The molecule has 4 nitrogen and oxygen atoms in total. The van der Waals surface area contributed by atoms with Crippen molar-refractivity contribution in [1.29, 1.82) is 0 Å². The molecular formula is C26H28N4. The first kappa shape index (κ1) is 18.9. The molecule has 1 aliphatic rings. The molecule has 4 heteroatoms. The number of rotatable bonds is 4. The number of aromatic nitrogens is 2. The number of anilines is 1. The average Bonchev–Trinajstić information content (AvgIpc) is 3.13. The molecule has 2 aromatic carbocycles. The van der Waals surface area contributed by atoms with Gasteiger partial charge in [-0.3, -0.25) is 4.90 Å². The Labute approximate surface area is 178 Å². The second kappa shape index (κ2) is 7.96. The van der Waals surface area contributed by atoms with Gasteiger partial charge in [-0.25, -0.2) is 4.98 Å². The number of hydrogen-bond donors (Lipinski definition) is 1. The molecule has 0 aliphatic carbocycles. The van der Waals surface area contributed by atoms with E-state index in [0.717, 1.165) is 48.1 Å². The molecule has 152 valence electrons. The average molecular weight is 397 g/mol. The number of nitrogen functional groups attached to an aromatic ring is 1. The fraction of sp³-hybridized carbons (Fsp3) is 0.269. The van der Waals surface area contributed by atoms with Gasteiger partial charge in [-0.05, 0) is 55.1 Å². The lowest BCUT2D eigenvalue weighted by atomic mass is 9.98. The van der Waals surface area contributed by atoms with Gasteiger partial charge in [0.25, 0.3) is 0 Å². The van der Waals surface area contributed by atoms with Crippen LogP contribution in [-0.2, 0) is 6.54 Å². The highest BCUT2D eigenvalue weighted by Gasteiger charge is 2.21. The number of nitrogens with zero attached hydrogens (tertiary/aromatic N) is 3. The standard InChI is InChI=1S/C26H28N4/c1-19-13-15-29(16-14-19)18-24-26(28-25-12-11-23(27)17-30(24)25)22-9-7-21(8-10-22)20-5-3-2-4-6-20/h2-12,17,19H,13-16,18,27H2,1H3. The molecule has 3 heterocycles. The van der Waals surface area contributed by atoms with Crippen LogP contribution in [0.4, 0.5) is 5.69 Å². The maximum absolute atomic E-state index is 6.11. The van der Waals surface area contributed by atoms with E-state index in [1.165, 1.54) is 29.7 Å². The topological polar surface area (TPSA) is 46.6 Å². The van der Waals surface area contributed by atoms with Crippen LogP contribution >= 0.6 is 0 Å². The normalized spacial score (nSPS) is 15.6. The third-order valence-corrected chi connectivity index (χ3v) is 6.26. The van der Waals surface area contributed by atoms with Crippen LogP contribution < -0.4 is 5.73 Å². The highest BCUT2D eigenvalue weighted by atomic mass is 15.2. The molecule has 0 bridgehead atoms. The quantitative estimate of drug-likeness (QED) is 0.497. The number of fused-ring (bicyclic) bond motifs is 1. The molecule has 0 radical (unpaired) electrons. The first-order chi connectivity index (χ1) is 14.7. The van der Waals surface area contributed by atoms with Crippen LogP contribution in [-0.4, -0.2) is 27.4 Å². The summed E-state index contributed by atoms with van der Waals surface area (Å²) < 4.78 is 2.17. The minimum atomic E-state index is 0.763. The Morgan fingerprint density at radius 3 is 2.27 bits per heavy atom. The second-order valence-corrected chi connectivity index (χ2v) is 8.50. The van der Waals surface area contributed by atoms with Crippen LogP contribution in [0.15, 0.2) is 72.9 Å². The van der Waals surface area contributed by atoms with Crippen molar-refractivity contribution in [2.75, 3.05) is 18.8 Å². The Morgan fingerprint density at radius 2 is 1.53 bits per heavy atom. The van der Waals surface area contributed by atoms with Crippen molar-refractivity contribution in [3.8, 4) is 22.4 Å². The summed E-state index contributed by atoms with van der Waals surface area (Å²) in [5, 5.41) is 0. The fourth-order valence-corrected chi connectivity index (χ4v) is 4.38. The first-order valence-corrected chi connectivity index (χ1v) is 10.8. The van der Waals surface area contributed by atoms with Crippen molar-refractivity contribution in [2.45, 2.75) is 26.3 Å². The van der Waals surface area contributed by atoms with Crippen molar-refractivity contribution < 1.29 is 0 Å². The van der Waals surface area contributed by atoms with Crippen LogP contribution in [0, 0.1) is 5.92 Å². The van der Waals surface area contributed by atoms with E-state index in [-0.39, 0.29) is 0 Å². The zero-order valence-corrected chi connectivity index (χ0v) is 17.5. The lowest BCUT2D eigenvalue weighted by Crippen LogP contribution is -2.32. The highest BCUT2D eigenvalue weighted by molar-refractivity contribution is 5.72. The lowest BCUT2D eigenvalue weighted by molar-refractivity contribution is 0.183. The SMILES string of the molecule is CC1CCN(Cc2c(-c3ccc(-c4ccccc4)cc3)nc3ccc(N)cn23)CC1. The Balaban J connectivity index is 1.53. The van der Waals surface area contributed by atoms with Gasteiger partial charge >= 0.3 is 0 Å². The van der Waals surface area contributed by atoms with E-state index in [2.05, 4.69) is 64.8 Å². The Hall–Kier alpha value is -3.11. The minimum Gasteiger partial charge on any atom is -0.398 e. The summed E-state index contributed by atoms with van der Waals surface area (Å²) in [7, 11) is 0. The number of pyridine rings is 1. The molecule has 4 aromatic rings. The van der Waals surface area contributed by atoms with Gasteiger partial charge in [-0.1, -0.05) is 61.5 Å². The minimum absolute atomic E-state index is 0.763. The van der Waals surface area contributed by atoms with Crippen molar-refractivity contribution >= 4 is 11.3 Å². The first-order valence-electron chi connectivity index (χ1n) is 10.8. The summed E-state index contributed by atoms with van der Waals surface area (Å²) in [6.45, 7) is 5.53. The molecule has 1 aliphatic heterocycles. The lowest BCUT2D eigenvalue weighted by Gasteiger charge is -2.30. The van der Waals surface area contributed by atoms with Crippen LogP contribution in [0.5, 0.6) is 0 Å². The fourth-order valence-electron chi connectivity index (χ4n) is 4.38. The zero-order chi connectivity index (χ0) is 20.5. The summed E-state index contributed by atoms with van der Waals surface area (Å²) >= 11 is 0. The summed E-state index contributed by atoms with van der Waals surface area (Å²) in [5.41, 5.74) is 13.7. The molecule has 1 saturated heterocycles. The zero-order valence-electron chi connectivity index (χ0n) is 17.5. The maximum atomic E-state index is 6.11. The molecule has 1 fully saturated rings. The third kappa shape index (κ3) is 3.71. The summed E-state index contributed by atoms with van der Waals surface area (Å²) in [6, 6.07) is 23.2. The van der Waals surface area contributed by atoms with E-state index in [9.17, 15) is 0 Å². The van der Waals surface area contributed by atoms with Crippen molar-refractivity contribution in [3.05, 3.63) is 78.6 Å². The predicted octanol–water partition coefficient (Wildman–Crippen LogP) is 5.48. The van der Waals surface area contributed by atoms with E-state index in [1.54, 1.807) is 0 Å². The summed E-state index contributed by atoms with van der Waals surface area (Å²) in [5.74, 6) is 0.823. The summed E-state index contributed by atoms with van der Waals surface area (Å²) in [6.07, 6.45) is 4.53. The van der Waals surface area contributed by atoms with Crippen LogP contribution in [0.1, 0.15) is 25.5 Å². The van der Waals surface area contributed by atoms with Gasteiger partial charge in [0, 0.05) is 24.0 Å². The van der Waals surface area contributed by atoms with E-state index < -0.39 is 0 Å². The molecule has 0 amide bonds. The Kier molecular flexibility index (Phi) is 5.01. The number of imidazole rings is 1. The third-order valence-electron chi connectivity index (χ3n) is 6.26. The number of nitrogens with two attached hydrogens (primary N) is 1. The molecule has 2 N–H and O–H groups in total. The van der Waals surface area contributed by atoms with Gasteiger partial charge in [-0.15, -0.1) is 0 Å². The van der Waals surface area contributed by atoms with E-state index in [4.69, 9.17) is 10.7 Å². The highest BCUT2D eigenvalue weighted by Crippen LogP contribution is 2.30. The largest absolute Gasteiger partial charge is 0.398 e. The smallest absolute Gasteiger partial charge is 0.137 e. The maximum Gasteiger partial charge on any atom is 0.137 e. The van der Waals surface area contributed by atoms with Gasteiger partial charge in [-0.2, -0.15) is 0 Å². The molecule has 0 unspecified atom stereocenters. The van der Waals surface area contributed by atoms with Gasteiger partial charge in [0.15, 0.2) is 0 Å². The van der Waals surface area contributed by atoms with E-state index >= 15 is 0 Å². The molecule has 30 heavy (non-hydrogen) atoms. The van der Waals surface area contributed by atoms with Crippen LogP contribution in [0.2, 0.25) is 0 Å². The van der Waals surface area contributed by atoms with Gasteiger partial charge in [0.1, 0.15) is 5.65 Å². The molecule has 0 saturated carbocycles. The van der Waals surface area contributed by atoms with Gasteiger partial charge in [0.2, 0.25) is 0 Å². The molecule has 2 aromatic heterocycles. The Morgan fingerprint density at radius 1 is 0.867 bits per heavy atom. The number of likely N-dealkylation sites (tertiary alicyclic amines) is 1. The Bertz CT molecular complexity index is 1140. The van der Waals surface area contributed by atoms with E-state index in [0.29, 0.717) is 0 Å². The number of piperidine rings is 1. The van der Waals surface area contributed by atoms with Crippen molar-refractivity contribution in [3.63, 3.8) is 0 Å². The van der Waals surface area contributed by atoms with Crippen LogP contribution in [0.3, 0.4) is 0 Å². The second-order valence-electron chi connectivity index (χ2n) is 8.50. The number of benzene rings is 2. The van der Waals surface area contributed by atoms with Crippen molar-refractivity contribution in [2.24, 2.45) is 5.92 Å². The molecule has 5 rings (SSSR count). The molecule has 0 atom stereocenters.